The molecule has 1 aromatic heterocycles. The molecule has 0 saturated carbocycles. The number of hydrogen-bond donors (Lipinski definition) is 1. The molecule has 0 spiro atoms. The van der Waals surface area contributed by atoms with E-state index in [-0.39, 0.29) is 22.5 Å². The Hall–Kier alpha value is -2.15. The summed E-state index contributed by atoms with van der Waals surface area (Å²) in [6.07, 6.45) is 1.23. The minimum Gasteiger partial charge on any atom is -0.392 e. The molecule has 1 saturated heterocycles. The summed E-state index contributed by atoms with van der Waals surface area (Å²) in [7, 11) is 0. The first-order valence-electron chi connectivity index (χ1n) is 6.58. The van der Waals surface area contributed by atoms with Gasteiger partial charge >= 0.3 is 0 Å². The van der Waals surface area contributed by atoms with Gasteiger partial charge in [0.2, 0.25) is 0 Å². The molecule has 0 amide bonds. The number of aromatic nitrogens is 1. The van der Waals surface area contributed by atoms with Crippen LogP contribution in [0.5, 0.6) is 0 Å². The Morgan fingerprint density at radius 3 is 2.55 bits per heavy atom. The Kier molecular flexibility index (Phi) is 3.52. The molecular weight excluding hydrogens is 300 g/mol. The van der Waals surface area contributed by atoms with Gasteiger partial charge in [0.25, 0.3) is 5.92 Å². The third-order valence-corrected chi connectivity index (χ3v) is 3.53. The molecule has 0 radical (unpaired) electrons. The quantitative estimate of drug-likeness (QED) is 0.885. The number of pyridine rings is 1. The van der Waals surface area contributed by atoms with Gasteiger partial charge in [-0.3, -0.25) is 0 Å². The molecule has 7 heteroatoms. The molecule has 2 heterocycles. The topological polar surface area (TPSA) is 36.4 Å². The van der Waals surface area contributed by atoms with E-state index in [0.717, 1.165) is 11.0 Å². The third kappa shape index (κ3) is 2.52. The van der Waals surface area contributed by atoms with Crippen molar-refractivity contribution in [1.29, 1.82) is 0 Å². The summed E-state index contributed by atoms with van der Waals surface area (Å²) in [5, 5.41) is 9.04. The lowest BCUT2D eigenvalue weighted by molar-refractivity contribution is -0.0270. The average Bonchev–Trinajstić information content (AvgIpc) is 2.45. The lowest BCUT2D eigenvalue weighted by atomic mass is 10.0. The van der Waals surface area contributed by atoms with Crippen LogP contribution >= 0.6 is 0 Å². The smallest absolute Gasteiger partial charge is 0.282 e. The molecule has 1 aromatic carbocycles. The molecule has 2 aromatic rings. The second kappa shape index (κ2) is 5.24. The molecule has 0 bridgehead atoms. The standard InChI is InChI=1S/C15H12F4N2O/c16-12-4-10(11-3-1-2-9(6-22)13(11)17)5-20-14(12)21-7-15(18,19)8-21/h1-5,22H,6-8H2. The first kappa shape index (κ1) is 14.8. The number of halogens is 4. The number of hydrogen-bond acceptors (Lipinski definition) is 3. The molecule has 3 nitrogen and oxygen atoms in total. The van der Waals surface area contributed by atoms with Crippen LogP contribution in [0.2, 0.25) is 0 Å². The maximum atomic E-state index is 14.1. The highest BCUT2D eigenvalue weighted by atomic mass is 19.3. The molecule has 0 aliphatic carbocycles. The highest BCUT2D eigenvalue weighted by Gasteiger charge is 2.45. The van der Waals surface area contributed by atoms with Crippen LogP contribution in [0, 0.1) is 11.6 Å². The van der Waals surface area contributed by atoms with E-state index in [1.54, 1.807) is 0 Å². The first-order chi connectivity index (χ1) is 10.4. The minimum atomic E-state index is -2.83. The average molecular weight is 312 g/mol. The van der Waals surface area contributed by atoms with E-state index in [2.05, 4.69) is 4.98 Å². The molecule has 3 rings (SSSR count). The van der Waals surface area contributed by atoms with Crippen LogP contribution in [0.25, 0.3) is 11.1 Å². The minimum absolute atomic E-state index is 0.0874. The summed E-state index contributed by atoms with van der Waals surface area (Å²) in [5.74, 6) is -4.45. The van der Waals surface area contributed by atoms with Crippen molar-refractivity contribution in [2.24, 2.45) is 0 Å². The summed E-state index contributed by atoms with van der Waals surface area (Å²) in [6.45, 7) is -1.63. The maximum absolute atomic E-state index is 14.1. The highest BCUT2D eigenvalue weighted by Crippen LogP contribution is 2.33. The van der Waals surface area contributed by atoms with Crippen molar-refractivity contribution in [1.82, 2.24) is 4.98 Å². The van der Waals surface area contributed by atoms with Crippen LogP contribution < -0.4 is 4.90 Å². The normalized spacial score (nSPS) is 16.5. The number of alkyl halides is 2. The van der Waals surface area contributed by atoms with Crippen LogP contribution in [0.1, 0.15) is 5.56 Å². The van der Waals surface area contributed by atoms with E-state index in [4.69, 9.17) is 5.11 Å². The van der Waals surface area contributed by atoms with E-state index in [0.29, 0.717) is 0 Å². The van der Waals surface area contributed by atoms with Gasteiger partial charge in [-0.25, -0.2) is 22.5 Å². The number of anilines is 1. The van der Waals surface area contributed by atoms with Gasteiger partial charge in [0, 0.05) is 22.9 Å². The molecule has 1 fully saturated rings. The van der Waals surface area contributed by atoms with Crippen molar-refractivity contribution in [2.45, 2.75) is 12.5 Å². The Bertz CT molecular complexity index is 713. The maximum Gasteiger partial charge on any atom is 0.282 e. The molecule has 0 unspecified atom stereocenters. The van der Waals surface area contributed by atoms with Gasteiger partial charge in [0.1, 0.15) is 5.82 Å². The van der Waals surface area contributed by atoms with Gasteiger partial charge in [0.05, 0.1) is 19.7 Å². The van der Waals surface area contributed by atoms with Crippen LogP contribution in [-0.2, 0) is 6.61 Å². The van der Waals surface area contributed by atoms with Crippen LogP contribution in [-0.4, -0.2) is 29.1 Å². The molecule has 1 aliphatic heterocycles. The molecule has 0 atom stereocenters. The van der Waals surface area contributed by atoms with Crippen LogP contribution in [0.15, 0.2) is 30.5 Å². The first-order valence-corrected chi connectivity index (χ1v) is 6.58. The van der Waals surface area contributed by atoms with Crippen molar-refractivity contribution in [3.8, 4) is 11.1 Å². The van der Waals surface area contributed by atoms with Crippen LogP contribution in [0.4, 0.5) is 23.4 Å². The summed E-state index contributed by atoms with van der Waals surface area (Å²) >= 11 is 0. The van der Waals surface area contributed by atoms with E-state index < -0.39 is 37.3 Å². The number of aliphatic hydroxyl groups is 1. The lowest BCUT2D eigenvalue weighted by Gasteiger charge is -2.39. The molecule has 22 heavy (non-hydrogen) atoms. The summed E-state index contributed by atoms with van der Waals surface area (Å²) < 4.78 is 53.8. The zero-order valence-electron chi connectivity index (χ0n) is 11.4. The summed E-state index contributed by atoms with van der Waals surface area (Å²) in [5.41, 5.74) is 0.365. The molecule has 1 N–H and O–H groups in total. The number of nitrogens with zero attached hydrogens (tertiary/aromatic N) is 2. The van der Waals surface area contributed by atoms with Crippen molar-refractivity contribution < 1.29 is 22.7 Å². The van der Waals surface area contributed by atoms with E-state index in [1.165, 1.54) is 24.4 Å². The Labute approximate surface area is 123 Å². The monoisotopic (exact) mass is 312 g/mol. The van der Waals surface area contributed by atoms with Gasteiger partial charge in [-0.15, -0.1) is 0 Å². The number of benzene rings is 1. The van der Waals surface area contributed by atoms with Gasteiger partial charge in [-0.2, -0.15) is 0 Å². The Morgan fingerprint density at radius 1 is 1.23 bits per heavy atom. The predicted octanol–water partition coefficient (Wildman–Crippen LogP) is 2.97. The third-order valence-electron chi connectivity index (χ3n) is 3.53. The Morgan fingerprint density at radius 2 is 1.95 bits per heavy atom. The fourth-order valence-corrected chi connectivity index (χ4v) is 2.40. The molecular formula is C15H12F4N2O. The fraction of sp³-hybridized carbons (Fsp3) is 0.267. The van der Waals surface area contributed by atoms with Crippen molar-refractivity contribution in [3.05, 3.63) is 47.7 Å². The fourth-order valence-electron chi connectivity index (χ4n) is 2.40. The summed E-state index contributed by atoms with van der Waals surface area (Å²) in [6, 6.07) is 5.44. The molecule has 116 valence electrons. The van der Waals surface area contributed by atoms with Crippen LogP contribution in [0.3, 0.4) is 0 Å². The summed E-state index contributed by atoms with van der Waals surface area (Å²) in [4.78, 5) is 4.95. The predicted molar refractivity (Wildman–Crippen MR) is 72.7 cm³/mol. The van der Waals surface area contributed by atoms with Crippen molar-refractivity contribution in [3.63, 3.8) is 0 Å². The second-order valence-corrected chi connectivity index (χ2v) is 5.18. The SMILES string of the molecule is OCc1cccc(-c2cnc(N3CC(F)(F)C3)c(F)c2)c1F. The van der Waals surface area contributed by atoms with Gasteiger partial charge in [-0.05, 0) is 6.07 Å². The Balaban J connectivity index is 1.93. The van der Waals surface area contributed by atoms with Gasteiger partial charge in [-0.1, -0.05) is 18.2 Å². The van der Waals surface area contributed by atoms with E-state index >= 15 is 0 Å². The highest BCUT2D eigenvalue weighted by molar-refractivity contribution is 5.66. The van der Waals surface area contributed by atoms with Crippen molar-refractivity contribution >= 4 is 5.82 Å². The zero-order valence-corrected chi connectivity index (χ0v) is 11.4. The van der Waals surface area contributed by atoms with Gasteiger partial charge < -0.3 is 10.0 Å². The lowest BCUT2D eigenvalue weighted by Crippen LogP contribution is -2.57. The van der Waals surface area contributed by atoms with E-state index in [1.807, 2.05) is 0 Å². The van der Waals surface area contributed by atoms with Crippen molar-refractivity contribution in [2.75, 3.05) is 18.0 Å². The van der Waals surface area contributed by atoms with E-state index in [9.17, 15) is 17.6 Å². The number of aliphatic hydroxyl groups excluding tert-OH is 1. The largest absolute Gasteiger partial charge is 0.392 e. The zero-order chi connectivity index (χ0) is 15.9. The second-order valence-electron chi connectivity index (χ2n) is 5.18. The van der Waals surface area contributed by atoms with Gasteiger partial charge in [0.15, 0.2) is 11.6 Å². The molecule has 1 aliphatic rings. The number of rotatable bonds is 3.